The summed E-state index contributed by atoms with van der Waals surface area (Å²) in [5.74, 6) is 0.980. The summed E-state index contributed by atoms with van der Waals surface area (Å²) in [6.07, 6.45) is 0. The van der Waals surface area contributed by atoms with E-state index in [0.717, 1.165) is 5.01 Å². The van der Waals surface area contributed by atoms with Crippen molar-refractivity contribution < 1.29 is 14.1 Å². The number of hydrogen-bond acceptors (Lipinski definition) is 8. The van der Waals surface area contributed by atoms with Crippen molar-refractivity contribution >= 4 is 22.4 Å². The third-order valence-corrected chi connectivity index (χ3v) is 3.56. The standard InChI is InChI=1S/C14H13N5O3S/c1-8-15-12(19-22-8)7-21-11-6-4-3-5-10(11)13(20)16-14-18-17-9(2)23-14/h3-6H,7H2,1-2H3,(H,16,18,20). The van der Waals surface area contributed by atoms with Gasteiger partial charge in [0.1, 0.15) is 10.8 Å². The number of carbonyl (C=O) groups is 1. The Hall–Kier alpha value is -2.81. The molecule has 1 aromatic carbocycles. The fraction of sp³-hybridized carbons (Fsp3) is 0.214. The van der Waals surface area contributed by atoms with E-state index in [0.29, 0.717) is 28.2 Å². The highest BCUT2D eigenvalue weighted by Crippen LogP contribution is 2.21. The third kappa shape index (κ3) is 3.69. The first-order valence-corrected chi connectivity index (χ1v) is 7.56. The Balaban J connectivity index is 1.73. The number of nitrogens with one attached hydrogen (secondary N) is 1. The minimum Gasteiger partial charge on any atom is -0.485 e. The predicted molar refractivity (Wildman–Crippen MR) is 82.4 cm³/mol. The zero-order chi connectivity index (χ0) is 16.2. The second-order valence-electron chi connectivity index (χ2n) is 4.59. The van der Waals surface area contributed by atoms with E-state index in [2.05, 4.69) is 25.7 Å². The molecule has 0 unspecified atom stereocenters. The average molecular weight is 331 g/mol. The van der Waals surface area contributed by atoms with Crippen LogP contribution in [0.3, 0.4) is 0 Å². The first kappa shape index (κ1) is 15.1. The van der Waals surface area contributed by atoms with Crippen molar-refractivity contribution in [2.24, 2.45) is 0 Å². The smallest absolute Gasteiger partial charge is 0.261 e. The van der Waals surface area contributed by atoms with Crippen LogP contribution in [0.15, 0.2) is 28.8 Å². The van der Waals surface area contributed by atoms with Crippen LogP contribution in [-0.2, 0) is 6.61 Å². The molecule has 0 spiro atoms. The molecule has 0 fully saturated rings. The normalized spacial score (nSPS) is 10.5. The minimum atomic E-state index is -0.318. The van der Waals surface area contributed by atoms with Crippen molar-refractivity contribution in [2.45, 2.75) is 20.5 Å². The molecule has 0 aliphatic rings. The van der Waals surface area contributed by atoms with Gasteiger partial charge in [-0.3, -0.25) is 10.1 Å². The first-order chi connectivity index (χ1) is 11.1. The zero-order valence-electron chi connectivity index (χ0n) is 12.4. The van der Waals surface area contributed by atoms with Crippen LogP contribution >= 0.6 is 11.3 Å². The molecular weight excluding hydrogens is 318 g/mol. The van der Waals surface area contributed by atoms with Gasteiger partial charge in [0.15, 0.2) is 6.61 Å². The van der Waals surface area contributed by atoms with Gasteiger partial charge in [-0.1, -0.05) is 28.6 Å². The highest BCUT2D eigenvalue weighted by atomic mass is 32.1. The average Bonchev–Trinajstić information content (AvgIpc) is 3.14. The molecule has 1 N–H and O–H groups in total. The molecule has 8 nitrogen and oxygen atoms in total. The summed E-state index contributed by atoms with van der Waals surface area (Å²) in [7, 11) is 0. The van der Waals surface area contributed by atoms with Gasteiger partial charge in [-0.15, -0.1) is 10.2 Å². The van der Waals surface area contributed by atoms with Gasteiger partial charge >= 0.3 is 0 Å². The lowest BCUT2D eigenvalue weighted by molar-refractivity contribution is 0.102. The SMILES string of the molecule is Cc1nc(COc2ccccc2C(=O)Nc2nnc(C)s2)no1. The molecule has 2 heterocycles. The quantitative estimate of drug-likeness (QED) is 0.765. The molecule has 0 aliphatic carbocycles. The third-order valence-electron chi connectivity index (χ3n) is 2.80. The van der Waals surface area contributed by atoms with Gasteiger partial charge in [0.25, 0.3) is 5.91 Å². The van der Waals surface area contributed by atoms with Crippen LogP contribution in [-0.4, -0.2) is 26.2 Å². The summed E-state index contributed by atoms with van der Waals surface area (Å²) in [4.78, 5) is 16.4. The molecule has 118 valence electrons. The summed E-state index contributed by atoms with van der Waals surface area (Å²) in [6.45, 7) is 3.62. The molecule has 0 aliphatic heterocycles. The Morgan fingerprint density at radius 1 is 1.30 bits per heavy atom. The molecule has 0 atom stereocenters. The van der Waals surface area contributed by atoms with Crippen molar-refractivity contribution in [1.29, 1.82) is 0 Å². The van der Waals surface area contributed by atoms with Crippen LogP contribution in [0.2, 0.25) is 0 Å². The molecule has 2 aromatic heterocycles. The topological polar surface area (TPSA) is 103 Å². The van der Waals surface area contributed by atoms with Crippen LogP contribution in [0.1, 0.15) is 27.1 Å². The zero-order valence-corrected chi connectivity index (χ0v) is 13.3. The second-order valence-corrected chi connectivity index (χ2v) is 5.78. The summed E-state index contributed by atoms with van der Waals surface area (Å²) in [5, 5.41) is 15.4. The maximum Gasteiger partial charge on any atom is 0.261 e. The van der Waals surface area contributed by atoms with Gasteiger partial charge in [-0.05, 0) is 19.1 Å². The molecular formula is C14H13N5O3S. The van der Waals surface area contributed by atoms with Crippen LogP contribution in [0.5, 0.6) is 5.75 Å². The highest BCUT2D eigenvalue weighted by Gasteiger charge is 2.15. The van der Waals surface area contributed by atoms with E-state index >= 15 is 0 Å². The Labute approximate surface area is 135 Å². The lowest BCUT2D eigenvalue weighted by Crippen LogP contribution is -2.13. The molecule has 3 aromatic rings. The molecule has 1 amide bonds. The van der Waals surface area contributed by atoms with Crippen molar-refractivity contribution in [2.75, 3.05) is 5.32 Å². The number of hydrogen-bond donors (Lipinski definition) is 1. The number of amides is 1. The fourth-order valence-electron chi connectivity index (χ4n) is 1.83. The summed E-state index contributed by atoms with van der Waals surface area (Å²) in [5.41, 5.74) is 0.389. The Morgan fingerprint density at radius 3 is 2.83 bits per heavy atom. The summed E-state index contributed by atoms with van der Waals surface area (Å²) < 4.78 is 10.5. The van der Waals surface area contributed by atoms with Gasteiger partial charge in [0.05, 0.1) is 5.56 Å². The Kier molecular flexibility index (Phi) is 4.29. The Bertz CT molecular complexity index is 829. The van der Waals surface area contributed by atoms with Crippen molar-refractivity contribution in [1.82, 2.24) is 20.3 Å². The minimum absolute atomic E-state index is 0.111. The number of para-hydroxylation sites is 1. The summed E-state index contributed by atoms with van der Waals surface area (Å²) in [6, 6.07) is 6.90. The number of nitrogens with zero attached hydrogens (tertiary/aromatic N) is 4. The number of rotatable bonds is 5. The van der Waals surface area contributed by atoms with Crippen molar-refractivity contribution in [3.63, 3.8) is 0 Å². The lowest BCUT2D eigenvalue weighted by Gasteiger charge is -2.09. The predicted octanol–water partition coefficient (Wildman–Crippen LogP) is 2.37. The molecule has 0 saturated carbocycles. The van der Waals surface area contributed by atoms with Crippen LogP contribution < -0.4 is 10.1 Å². The van der Waals surface area contributed by atoms with E-state index in [1.807, 2.05) is 6.92 Å². The van der Waals surface area contributed by atoms with Crippen LogP contribution in [0, 0.1) is 13.8 Å². The highest BCUT2D eigenvalue weighted by molar-refractivity contribution is 7.15. The van der Waals surface area contributed by atoms with Gasteiger partial charge in [-0.25, -0.2) is 0 Å². The van der Waals surface area contributed by atoms with Crippen LogP contribution in [0.4, 0.5) is 5.13 Å². The largest absolute Gasteiger partial charge is 0.485 e. The fourth-order valence-corrected chi connectivity index (χ4v) is 2.42. The maximum absolute atomic E-state index is 12.4. The number of benzene rings is 1. The Morgan fingerprint density at radius 2 is 2.13 bits per heavy atom. The van der Waals surface area contributed by atoms with Gasteiger partial charge in [0.2, 0.25) is 16.8 Å². The van der Waals surface area contributed by atoms with Gasteiger partial charge in [-0.2, -0.15) is 4.98 Å². The number of ether oxygens (including phenoxy) is 1. The van der Waals surface area contributed by atoms with Gasteiger partial charge in [0, 0.05) is 6.92 Å². The van der Waals surface area contributed by atoms with E-state index in [1.54, 1.807) is 31.2 Å². The van der Waals surface area contributed by atoms with Crippen molar-refractivity contribution in [3.05, 3.63) is 46.6 Å². The summed E-state index contributed by atoms with van der Waals surface area (Å²) >= 11 is 1.30. The number of aromatic nitrogens is 4. The maximum atomic E-state index is 12.4. The molecule has 0 bridgehead atoms. The second kappa shape index (κ2) is 6.53. The van der Waals surface area contributed by atoms with E-state index < -0.39 is 0 Å². The molecule has 23 heavy (non-hydrogen) atoms. The number of anilines is 1. The molecule has 3 rings (SSSR count). The van der Waals surface area contributed by atoms with Crippen molar-refractivity contribution in [3.8, 4) is 5.75 Å². The monoisotopic (exact) mass is 331 g/mol. The number of aryl methyl sites for hydroxylation is 2. The number of carbonyl (C=O) groups excluding carboxylic acids is 1. The van der Waals surface area contributed by atoms with E-state index in [-0.39, 0.29) is 12.5 Å². The van der Waals surface area contributed by atoms with E-state index in [4.69, 9.17) is 9.26 Å². The van der Waals surface area contributed by atoms with E-state index in [1.165, 1.54) is 11.3 Å². The molecule has 0 saturated heterocycles. The van der Waals surface area contributed by atoms with Crippen LogP contribution in [0.25, 0.3) is 0 Å². The molecule has 0 radical (unpaired) electrons. The van der Waals surface area contributed by atoms with Gasteiger partial charge < -0.3 is 9.26 Å². The van der Waals surface area contributed by atoms with E-state index in [9.17, 15) is 4.79 Å². The molecule has 9 heteroatoms. The first-order valence-electron chi connectivity index (χ1n) is 6.74. The lowest BCUT2D eigenvalue weighted by atomic mass is 10.2.